The predicted octanol–water partition coefficient (Wildman–Crippen LogP) is 2.88. The lowest BCUT2D eigenvalue weighted by atomic mass is 10.1. The molecule has 1 aromatic rings. The van der Waals surface area contributed by atoms with Crippen molar-refractivity contribution in [3.63, 3.8) is 0 Å². The van der Waals surface area contributed by atoms with Crippen LogP contribution in [0.5, 0.6) is 0 Å². The maximum atomic E-state index is 11.7. The summed E-state index contributed by atoms with van der Waals surface area (Å²) in [7, 11) is 0. The number of hydrogen-bond donors (Lipinski definition) is 0. The summed E-state index contributed by atoms with van der Waals surface area (Å²) in [5.74, 6) is 0.513. The van der Waals surface area contributed by atoms with Gasteiger partial charge in [0.1, 0.15) is 0 Å². The van der Waals surface area contributed by atoms with Crippen LogP contribution in [0.15, 0.2) is 15.9 Å². The molecule has 1 fully saturated rings. The molecule has 0 spiro atoms. The maximum absolute atomic E-state index is 11.7. The van der Waals surface area contributed by atoms with Crippen LogP contribution in [0.25, 0.3) is 0 Å². The summed E-state index contributed by atoms with van der Waals surface area (Å²) in [5.41, 5.74) is 0. The molecule has 14 heavy (non-hydrogen) atoms. The second-order valence-corrected chi connectivity index (χ2v) is 5.50. The van der Waals surface area contributed by atoms with Crippen LogP contribution in [0.4, 0.5) is 0 Å². The molecule has 0 saturated carbocycles. The minimum absolute atomic E-state index is 0.216. The van der Waals surface area contributed by atoms with Gasteiger partial charge in [0.2, 0.25) is 5.91 Å². The molecule has 76 valence electrons. The van der Waals surface area contributed by atoms with Crippen molar-refractivity contribution in [1.82, 2.24) is 4.90 Å². The summed E-state index contributed by atoms with van der Waals surface area (Å²) >= 11 is 5.18. The van der Waals surface area contributed by atoms with Crippen molar-refractivity contribution in [3.8, 4) is 0 Å². The van der Waals surface area contributed by atoms with Crippen LogP contribution in [-0.4, -0.2) is 17.4 Å². The Morgan fingerprint density at radius 1 is 1.71 bits per heavy atom. The molecule has 0 radical (unpaired) electrons. The van der Waals surface area contributed by atoms with Gasteiger partial charge in [0.15, 0.2) is 0 Å². The number of halogens is 1. The fraction of sp³-hybridized carbons (Fsp3) is 0.500. The van der Waals surface area contributed by atoms with E-state index < -0.39 is 0 Å². The fourth-order valence-electron chi connectivity index (χ4n) is 1.66. The molecular weight excluding hydrogens is 262 g/mol. The van der Waals surface area contributed by atoms with Crippen molar-refractivity contribution in [1.29, 1.82) is 0 Å². The average molecular weight is 274 g/mol. The van der Waals surface area contributed by atoms with Crippen molar-refractivity contribution in [2.75, 3.05) is 6.54 Å². The molecule has 1 unspecified atom stereocenters. The third-order valence-electron chi connectivity index (χ3n) is 2.59. The van der Waals surface area contributed by atoms with Crippen LogP contribution in [0.3, 0.4) is 0 Å². The lowest BCUT2D eigenvalue weighted by Crippen LogP contribution is -2.25. The molecule has 2 nitrogen and oxygen atoms in total. The van der Waals surface area contributed by atoms with Gasteiger partial charge in [-0.05, 0) is 33.8 Å². The number of thiophene rings is 1. The largest absolute Gasteiger partial charge is 0.337 e. The van der Waals surface area contributed by atoms with E-state index in [9.17, 15) is 4.79 Å². The van der Waals surface area contributed by atoms with E-state index in [0.717, 1.165) is 24.0 Å². The summed E-state index contributed by atoms with van der Waals surface area (Å²) in [6.07, 6.45) is 1.00. The van der Waals surface area contributed by atoms with Gasteiger partial charge in [-0.15, -0.1) is 11.3 Å². The van der Waals surface area contributed by atoms with E-state index in [1.165, 1.54) is 4.88 Å². The SMILES string of the molecule is CC1CCN(Cc2sccc2Br)C1=O. The molecule has 0 N–H and O–H groups in total. The minimum atomic E-state index is 0.216. The zero-order chi connectivity index (χ0) is 10.1. The van der Waals surface area contributed by atoms with E-state index in [2.05, 4.69) is 15.9 Å². The molecule has 1 saturated heterocycles. The highest BCUT2D eigenvalue weighted by Gasteiger charge is 2.28. The third-order valence-corrected chi connectivity index (χ3v) is 4.50. The normalized spacial score (nSPS) is 22.0. The highest BCUT2D eigenvalue weighted by Crippen LogP contribution is 2.27. The Morgan fingerprint density at radius 3 is 3.00 bits per heavy atom. The van der Waals surface area contributed by atoms with Crippen LogP contribution in [-0.2, 0) is 11.3 Å². The maximum Gasteiger partial charge on any atom is 0.225 e. The van der Waals surface area contributed by atoms with Crippen molar-refractivity contribution < 1.29 is 4.79 Å². The molecule has 0 aromatic carbocycles. The zero-order valence-corrected chi connectivity index (χ0v) is 10.4. The van der Waals surface area contributed by atoms with Gasteiger partial charge < -0.3 is 4.90 Å². The van der Waals surface area contributed by atoms with Crippen LogP contribution in [0.1, 0.15) is 18.2 Å². The van der Waals surface area contributed by atoms with E-state index in [1.54, 1.807) is 11.3 Å². The number of rotatable bonds is 2. The van der Waals surface area contributed by atoms with Crippen molar-refractivity contribution >= 4 is 33.2 Å². The molecule has 4 heteroatoms. The van der Waals surface area contributed by atoms with Gasteiger partial charge >= 0.3 is 0 Å². The Balaban J connectivity index is 2.06. The molecule has 1 atom stereocenters. The van der Waals surface area contributed by atoms with E-state index in [0.29, 0.717) is 5.91 Å². The number of carbonyl (C=O) groups excluding carboxylic acids is 1. The lowest BCUT2D eigenvalue weighted by molar-refractivity contribution is -0.131. The van der Waals surface area contributed by atoms with E-state index in [-0.39, 0.29) is 5.92 Å². The Morgan fingerprint density at radius 2 is 2.50 bits per heavy atom. The van der Waals surface area contributed by atoms with Gasteiger partial charge in [0, 0.05) is 21.8 Å². The van der Waals surface area contributed by atoms with Gasteiger partial charge in [-0.1, -0.05) is 6.92 Å². The van der Waals surface area contributed by atoms with Gasteiger partial charge in [-0.3, -0.25) is 4.79 Å². The van der Waals surface area contributed by atoms with Gasteiger partial charge in [0.25, 0.3) is 0 Å². The molecule has 0 aliphatic carbocycles. The molecule has 1 amide bonds. The second kappa shape index (κ2) is 4.03. The Kier molecular flexibility index (Phi) is 2.93. The van der Waals surface area contributed by atoms with Crippen LogP contribution in [0, 0.1) is 5.92 Å². The first-order valence-electron chi connectivity index (χ1n) is 4.69. The molecule has 2 rings (SSSR count). The standard InChI is InChI=1S/C10H12BrNOS/c1-7-2-4-12(10(7)13)6-9-8(11)3-5-14-9/h3,5,7H,2,4,6H2,1H3. The molecule has 1 aromatic heterocycles. The van der Waals surface area contributed by atoms with Crippen molar-refractivity contribution in [2.45, 2.75) is 19.9 Å². The number of hydrogen-bond acceptors (Lipinski definition) is 2. The Bertz CT molecular complexity index is 350. The Labute approximate surface area is 96.0 Å². The van der Waals surface area contributed by atoms with Gasteiger partial charge in [0.05, 0.1) is 6.54 Å². The molecule has 1 aliphatic rings. The lowest BCUT2D eigenvalue weighted by Gasteiger charge is -2.15. The monoisotopic (exact) mass is 273 g/mol. The zero-order valence-electron chi connectivity index (χ0n) is 8.00. The minimum Gasteiger partial charge on any atom is -0.337 e. The smallest absolute Gasteiger partial charge is 0.225 e. The molecule has 0 bridgehead atoms. The van der Waals surface area contributed by atoms with E-state index >= 15 is 0 Å². The molecule has 2 heterocycles. The summed E-state index contributed by atoms with van der Waals surface area (Å²) < 4.78 is 1.12. The first-order chi connectivity index (χ1) is 6.68. The van der Waals surface area contributed by atoms with E-state index in [1.807, 2.05) is 23.3 Å². The summed E-state index contributed by atoms with van der Waals surface area (Å²) in [6, 6.07) is 2.03. The predicted molar refractivity (Wildman–Crippen MR) is 61.2 cm³/mol. The van der Waals surface area contributed by atoms with Crippen LogP contribution in [0.2, 0.25) is 0 Å². The highest BCUT2D eigenvalue weighted by atomic mass is 79.9. The number of likely N-dealkylation sites (tertiary alicyclic amines) is 1. The number of amides is 1. The Hall–Kier alpha value is -0.350. The highest BCUT2D eigenvalue weighted by molar-refractivity contribution is 9.10. The van der Waals surface area contributed by atoms with Crippen LogP contribution >= 0.6 is 27.3 Å². The summed E-state index contributed by atoms with van der Waals surface area (Å²) in [4.78, 5) is 14.8. The van der Waals surface area contributed by atoms with Gasteiger partial charge in [-0.25, -0.2) is 0 Å². The fourth-order valence-corrected chi connectivity index (χ4v) is 3.16. The first-order valence-corrected chi connectivity index (χ1v) is 6.36. The van der Waals surface area contributed by atoms with E-state index in [4.69, 9.17) is 0 Å². The van der Waals surface area contributed by atoms with Gasteiger partial charge in [-0.2, -0.15) is 0 Å². The molecule has 1 aliphatic heterocycles. The summed E-state index contributed by atoms with van der Waals surface area (Å²) in [6.45, 7) is 3.68. The summed E-state index contributed by atoms with van der Waals surface area (Å²) in [5, 5.41) is 2.05. The quantitative estimate of drug-likeness (QED) is 0.812. The topological polar surface area (TPSA) is 20.3 Å². The number of nitrogens with zero attached hydrogens (tertiary/aromatic N) is 1. The second-order valence-electron chi connectivity index (χ2n) is 3.64. The first kappa shape index (κ1) is 10.2. The number of carbonyl (C=O) groups is 1. The van der Waals surface area contributed by atoms with Crippen molar-refractivity contribution in [2.24, 2.45) is 5.92 Å². The van der Waals surface area contributed by atoms with Crippen molar-refractivity contribution in [3.05, 3.63) is 20.8 Å². The third kappa shape index (κ3) is 1.86. The molecular formula is C10H12BrNOS. The van der Waals surface area contributed by atoms with Crippen LogP contribution < -0.4 is 0 Å². The average Bonchev–Trinajstić information content (AvgIpc) is 2.68.